The van der Waals surface area contributed by atoms with Gasteiger partial charge in [-0.1, -0.05) is 147 Å². The average Bonchev–Trinajstić information content (AvgIpc) is 2.98. The molecule has 0 fully saturated rings. The molecule has 0 rings (SSSR count). The normalized spacial score (nSPS) is 14.4. The number of carbonyl (C=O) groups excluding carboxylic acids is 1. The van der Waals surface area contributed by atoms with E-state index in [1.807, 2.05) is 6.08 Å². The van der Waals surface area contributed by atoms with E-state index in [4.69, 9.17) is 0 Å². The van der Waals surface area contributed by atoms with E-state index in [1.54, 1.807) is 6.08 Å². The molecule has 0 aromatic heterocycles. The number of hydrogen-bond acceptors (Lipinski definition) is 4. The summed E-state index contributed by atoms with van der Waals surface area (Å²) in [5, 5.41) is 32.8. The summed E-state index contributed by atoms with van der Waals surface area (Å²) >= 11 is 0. The van der Waals surface area contributed by atoms with Crippen molar-refractivity contribution in [2.24, 2.45) is 0 Å². The van der Waals surface area contributed by atoms with Crippen molar-refractivity contribution >= 4 is 5.91 Å². The van der Waals surface area contributed by atoms with Gasteiger partial charge >= 0.3 is 0 Å². The molecule has 0 aromatic carbocycles. The number of nitrogens with one attached hydrogen (secondary N) is 1. The zero-order valence-electron chi connectivity index (χ0n) is 26.9. The number of aliphatic hydroxyl groups excluding tert-OH is 3. The van der Waals surface area contributed by atoms with Crippen LogP contribution >= 0.6 is 0 Å². The highest BCUT2D eigenvalue weighted by Gasteiger charge is 2.22. The summed E-state index contributed by atoms with van der Waals surface area (Å²) in [4.78, 5) is 12.3. The van der Waals surface area contributed by atoms with E-state index in [2.05, 4.69) is 43.5 Å². The number of rotatable bonds is 30. The average molecular weight is 578 g/mol. The van der Waals surface area contributed by atoms with E-state index in [1.165, 1.54) is 83.5 Å². The molecule has 0 radical (unpaired) electrons. The Morgan fingerprint density at radius 2 is 1.02 bits per heavy atom. The van der Waals surface area contributed by atoms with Crippen LogP contribution in [-0.2, 0) is 4.79 Å². The van der Waals surface area contributed by atoms with Crippen LogP contribution < -0.4 is 5.32 Å². The summed E-state index contributed by atoms with van der Waals surface area (Å²) in [5.41, 5.74) is 0. The van der Waals surface area contributed by atoms with Crippen LogP contribution in [0.15, 0.2) is 36.5 Å². The number of aliphatic hydroxyl groups is 3. The molecular weight excluding hydrogens is 510 g/mol. The second kappa shape index (κ2) is 31.5. The van der Waals surface area contributed by atoms with Gasteiger partial charge in [0.2, 0.25) is 5.91 Å². The first-order valence-corrected chi connectivity index (χ1v) is 17.3. The first kappa shape index (κ1) is 39.6. The minimum absolute atomic E-state index is 0.380. The molecule has 0 bridgehead atoms. The smallest absolute Gasteiger partial charge is 0.249 e. The molecule has 0 aliphatic heterocycles. The zero-order chi connectivity index (χ0) is 30.2. The van der Waals surface area contributed by atoms with Gasteiger partial charge in [0.05, 0.1) is 18.8 Å². The zero-order valence-corrected chi connectivity index (χ0v) is 26.9. The molecule has 0 saturated carbocycles. The Morgan fingerprint density at radius 1 is 0.585 bits per heavy atom. The number of carbonyl (C=O) groups is 1. The molecule has 5 nitrogen and oxygen atoms in total. The Balaban J connectivity index is 3.83. The molecular formula is C36H67NO4. The molecule has 0 aromatic rings. The molecule has 0 spiro atoms. The molecule has 5 heteroatoms. The van der Waals surface area contributed by atoms with Crippen molar-refractivity contribution < 1.29 is 20.1 Å². The van der Waals surface area contributed by atoms with E-state index in [9.17, 15) is 20.1 Å². The highest BCUT2D eigenvalue weighted by Crippen LogP contribution is 2.13. The molecule has 0 aliphatic carbocycles. The van der Waals surface area contributed by atoms with E-state index in [-0.39, 0.29) is 6.61 Å². The second-order valence-electron chi connectivity index (χ2n) is 11.7. The molecule has 3 atom stereocenters. The second-order valence-corrected chi connectivity index (χ2v) is 11.7. The summed E-state index contributed by atoms with van der Waals surface area (Å²) < 4.78 is 0. The van der Waals surface area contributed by atoms with Gasteiger partial charge in [0.15, 0.2) is 0 Å². The Labute approximate surface area is 254 Å². The number of unbranched alkanes of at least 4 members (excludes halogenated alkanes) is 18. The predicted molar refractivity (Wildman–Crippen MR) is 176 cm³/mol. The van der Waals surface area contributed by atoms with Gasteiger partial charge in [0, 0.05) is 0 Å². The number of hydrogen-bond donors (Lipinski definition) is 4. The van der Waals surface area contributed by atoms with Gasteiger partial charge in [-0.25, -0.2) is 0 Å². The van der Waals surface area contributed by atoms with Crippen molar-refractivity contribution in [3.63, 3.8) is 0 Å². The lowest BCUT2D eigenvalue weighted by molar-refractivity contribution is -0.131. The minimum atomic E-state index is -1.11. The number of amides is 1. The minimum Gasteiger partial charge on any atom is -0.394 e. The first-order valence-electron chi connectivity index (χ1n) is 17.3. The fraction of sp³-hybridized carbons (Fsp3) is 0.806. The molecule has 3 unspecified atom stereocenters. The summed E-state index contributed by atoms with van der Waals surface area (Å²) in [7, 11) is 0. The molecule has 41 heavy (non-hydrogen) atoms. The monoisotopic (exact) mass is 578 g/mol. The maximum atomic E-state index is 12.3. The summed E-state index contributed by atoms with van der Waals surface area (Å²) in [5.74, 6) is -0.527. The van der Waals surface area contributed by atoms with Crippen LogP contribution in [0, 0.1) is 0 Å². The standard InChI is InChI=1S/C36H67NO4/c1-3-5-7-9-11-13-15-16-17-18-19-20-21-23-24-26-28-30-34(39)33(32-38)37-36(41)35(40)31-29-27-25-22-14-12-10-8-6-4-2/h10,12,21,23,28,30,33-35,38-40H,3-9,11,13-20,22,24-27,29,31-32H2,1-2H3,(H,37,41)/b12-10-,23-21+,30-28+. The van der Waals surface area contributed by atoms with Gasteiger partial charge in [-0.05, 0) is 51.4 Å². The van der Waals surface area contributed by atoms with Crippen molar-refractivity contribution in [2.75, 3.05) is 6.61 Å². The largest absolute Gasteiger partial charge is 0.394 e. The van der Waals surface area contributed by atoms with E-state index in [0.29, 0.717) is 6.42 Å². The van der Waals surface area contributed by atoms with Gasteiger partial charge in [0.25, 0.3) is 0 Å². The van der Waals surface area contributed by atoms with E-state index < -0.39 is 24.2 Å². The predicted octanol–water partition coefficient (Wildman–Crippen LogP) is 8.87. The number of allylic oxidation sites excluding steroid dienone is 5. The molecule has 0 aliphatic rings. The maximum Gasteiger partial charge on any atom is 0.249 e. The van der Waals surface area contributed by atoms with Gasteiger partial charge < -0.3 is 20.6 Å². The van der Waals surface area contributed by atoms with Gasteiger partial charge in [-0.15, -0.1) is 0 Å². The summed E-state index contributed by atoms with van der Waals surface area (Å²) in [6.07, 6.45) is 37.3. The lowest BCUT2D eigenvalue weighted by Gasteiger charge is -2.21. The maximum absolute atomic E-state index is 12.3. The molecule has 0 saturated heterocycles. The third kappa shape index (κ3) is 27.2. The van der Waals surface area contributed by atoms with Crippen molar-refractivity contribution in [1.29, 1.82) is 0 Å². The highest BCUT2D eigenvalue weighted by molar-refractivity contribution is 5.80. The summed E-state index contributed by atoms with van der Waals surface area (Å²) in [6.45, 7) is 4.09. The molecule has 4 N–H and O–H groups in total. The van der Waals surface area contributed by atoms with Crippen molar-refractivity contribution in [3.8, 4) is 0 Å². The quantitative estimate of drug-likeness (QED) is 0.0507. The Morgan fingerprint density at radius 3 is 1.56 bits per heavy atom. The van der Waals surface area contributed by atoms with Crippen LogP contribution in [0.25, 0.3) is 0 Å². The SMILES string of the molecule is CCCC/C=C\CCCCCCC(O)C(=O)NC(CO)C(O)/C=C/CC/C=C/CCCCCCCCCCCCC. The lowest BCUT2D eigenvalue weighted by atomic mass is 10.1. The molecule has 1 amide bonds. The fourth-order valence-corrected chi connectivity index (χ4v) is 4.88. The Bertz CT molecular complexity index is 645. The highest BCUT2D eigenvalue weighted by atomic mass is 16.3. The van der Waals surface area contributed by atoms with Crippen LogP contribution in [0.1, 0.15) is 162 Å². The van der Waals surface area contributed by atoms with Crippen molar-refractivity contribution in [3.05, 3.63) is 36.5 Å². The fourth-order valence-electron chi connectivity index (χ4n) is 4.88. The molecule has 240 valence electrons. The van der Waals surface area contributed by atoms with Gasteiger partial charge in [-0.3, -0.25) is 4.79 Å². The van der Waals surface area contributed by atoms with Crippen LogP contribution in [-0.4, -0.2) is 46.1 Å². The van der Waals surface area contributed by atoms with Crippen molar-refractivity contribution in [1.82, 2.24) is 5.32 Å². The third-order valence-corrected chi connectivity index (χ3v) is 7.70. The van der Waals surface area contributed by atoms with E-state index >= 15 is 0 Å². The van der Waals surface area contributed by atoms with Crippen LogP contribution in [0.5, 0.6) is 0 Å². The lowest BCUT2D eigenvalue weighted by Crippen LogP contribution is -2.48. The van der Waals surface area contributed by atoms with Crippen LogP contribution in [0.4, 0.5) is 0 Å². The summed E-state index contributed by atoms with van der Waals surface area (Å²) in [6, 6.07) is -0.815. The van der Waals surface area contributed by atoms with Gasteiger partial charge in [-0.2, -0.15) is 0 Å². The van der Waals surface area contributed by atoms with Crippen LogP contribution in [0.3, 0.4) is 0 Å². The van der Waals surface area contributed by atoms with Crippen LogP contribution in [0.2, 0.25) is 0 Å². The first-order chi connectivity index (χ1) is 20.1. The Hall–Kier alpha value is -1.43. The third-order valence-electron chi connectivity index (χ3n) is 7.70. The van der Waals surface area contributed by atoms with E-state index in [0.717, 1.165) is 57.8 Å². The topological polar surface area (TPSA) is 89.8 Å². The van der Waals surface area contributed by atoms with Gasteiger partial charge in [0.1, 0.15) is 6.10 Å². The molecule has 0 heterocycles. The van der Waals surface area contributed by atoms with Crippen molar-refractivity contribution in [2.45, 2.75) is 180 Å². The Kier molecular flexibility index (Phi) is 30.4.